The Hall–Kier alpha value is -3.63. The number of aliphatic carboxylic acids is 3. The van der Waals surface area contributed by atoms with Gasteiger partial charge in [0.15, 0.2) is 5.60 Å². The highest BCUT2D eigenvalue weighted by atomic mass is 16.5. The fraction of sp³-hybridized carbons (Fsp3) is 0.516. The molecule has 0 spiro atoms. The number of rotatable bonds is 15. The predicted octanol–water partition coefficient (Wildman–Crippen LogP) is 4.27. The number of carbonyl (C=O) groups is 3. The van der Waals surface area contributed by atoms with Gasteiger partial charge in [-0.2, -0.15) is 0 Å². The first-order chi connectivity index (χ1) is 19.5. The zero-order valence-electron chi connectivity index (χ0n) is 24.0. The highest BCUT2D eigenvalue weighted by Crippen LogP contribution is 2.23. The Kier molecular flexibility index (Phi) is 14.1. The SMILES string of the molecule is COc1cccc(CCCCc2ccccc2OCCC2CCCCN2C)c1.O=C(O)CC(O)(CC(=O)O)C(=O)O. The number of carboxylic acids is 3. The van der Waals surface area contributed by atoms with E-state index in [0.717, 1.165) is 37.4 Å². The molecule has 0 radical (unpaired) electrons. The van der Waals surface area contributed by atoms with E-state index in [-0.39, 0.29) is 0 Å². The van der Waals surface area contributed by atoms with Gasteiger partial charge in [-0.25, -0.2) is 4.79 Å². The fourth-order valence-corrected chi connectivity index (χ4v) is 4.85. The minimum absolute atomic E-state index is 0.684. The Bertz CT molecular complexity index is 1100. The summed E-state index contributed by atoms with van der Waals surface area (Å²) in [5.74, 6) is -3.00. The molecule has 10 nitrogen and oxygen atoms in total. The van der Waals surface area contributed by atoms with Gasteiger partial charge < -0.3 is 34.8 Å². The molecule has 2 aromatic rings. The Morgan fingerprint density at radius 2 is 1.63 bits per heavy atom. The van der Waals surface area contributed by atoms with E-state index in [1.165, 1.54) is 49.8 Å². The van der Waals surface area contributed by atoms with Crippen LogP contribution in [0.3, 0.4) is 0 Å². The monoisotopic (exact) mass is 573 g/mol. The number of benzene rings is 2. The van der Waals surface area contributed by atoms with Crippen LogP contribution in [0.15, 0.2) is 48.5 Å². The molecular formula is C31H43NO9. The molecule has 1 heterocycles. The van der Waals surface area contributed by atoms with Crippen LogP contribution in [0.5, 0.6) is 11.5 Å². The third-order valence-corrected chi connectivity index (χ3v) is 7.18. The van der Waals surface area contributed by atoms with E-state index in [1.807, 2.05) is 6.07 Å². The number of piperidine rings is 1. The molecular weight excluding hydrogens is 530 g/mol. The van der Waals surface area contributed by atoms with Crippen LogP contribution in [-0.4, -0.2) is 82.2 Å². The molecule has 226 valence electrons. The minimum atomic E-state index is -2.74. The largest absolute Gasteiger partial charge is 0.497 e. The van der Waals surface area contributed by atoms with Crippen LogP contribution < -0.4 is 9.47 Å². The lowest BCUT2D eigenvalue weighted by Crippen LogP contribution is -2.42. The standard InChI is InChI=1S/C25H35NO2.C6H8O7/c1-26-18-8-7-14-23(26)17-19-28-25-16-6-5-13-22(25)12-4-3-10-21-11-9-15-24(20-21)27-2;7-3(8)1-6(13,5(11)12)2-4(9)10/h5-6,9,11,13,15-16,20,23H,3-4,7-8,10,12,14,17-19H2,1-2H3;13H,1-2H2,(H,7,8)(H,9,10)(H,11,12). The second kappa shape index (κ2) is 17.2. The number of aryl methyl sites for hydroxylation is 2. The lowest BCUT2D eigenvalue weighted by molar-refractivity contribution is -0.170. The number of unbranched alkanes of at least 4 members (excludes halogenated alkanes) is 1. The second-order valence-corrected chi connectivity index (χ2v) is 10.4. The van der Waals surface area contributed by atoms with E-state index in [4.69, 9.17) is 29.9 Å². The number of aliphatic hydroxyl groups is 1. The first-order valence-electron chi connectivity index (χ1n) is 14.0. The zero-order valence-corrected chi connectivity index (χ0v) is 24.0. The predicted molar refractivity (Wildman–Crippen MR) is 154 cm³/mol. The van der Waals surface area contributed by atoms with Crippen molar-refractivity contribution in [2.24, 2.45) is 0 Å². The summed E-state index contributed by atoms with van der Waals surface area (Å²) < 4.78 is 11.5. The third kappa shape index (κ3) is 12.2. The van der Waals surface area contributed by atoms with Crippen LogP contribution in [0, 0.1) is 0 Å². The van der Waals surface area contributed by atoms with Crippen LogP contribution in [0.4, 0.5) is 0 Å². The number of likely N-dealkylation sites (tertiary alicyclic amines) is 1. The average molecular weight is 574 g/mol. The first-order valence-corrected chi connectivity index (χ1v) is 14.0. The van der Waals surface area contributed by atoms with Gasteiger partial charge in [0.25, 0.3) is 0 Å². The summed E-state index contributed by atoms with van der Waals surface area (Å²) in [7, 11) is 3.97. The smallest absolute Gasteiger partial charge is 0.336 e. The molecule has 0 aromatic heterocycles. The molecule has 0 amide bonds. The van der Waals surface area contributed by atoms with E-state index in [0.29, 0.717) is 6.04 Å². The molecule has 1 atom stereocenters. The molecule has 0 aliphatic carbocycles. The van der Waals surface area contributed by atoms with E-state index in [9.17, 15) is 14.4 Å². The maximum atomic E-state index is 10.3. The van der Waals surface area contributed by atoms with Crippen molar-refractivity contribution in [1.82, 2.24) is 4.90 Å². The highest BCUT2D eigenvalue weighted by Gasteiger charge is 2.40. The van der Waals surface area contributed by atoms with Crippen LogP contribution in [0.2, 0.25) is 0 Å². The second-order valence-electron chi connectivity index (χ2n) is 10.4. The number of hydrogen-bond acceptors (Lipinski definition) is 7. The number of para-hydroxylation sites is 1. The summed E-state index contributed by atoms with van der Waals surface area (Å²) in [5, 5.41) is 33.8. The maximum Gasteiger partial charge on any atom is 0.336 e. The van der Waals surface area contributed by atoms with Gasteiger partial charge in [-0.1, -0.05) is 36.8 Å². The van der Waals surface area contributed by atoms with Crippen molar-refractivity contribution in [3.63, 3.8) is 0 Å². The molecule has 10 heteroatoms. The van der Waals surface area contributed by atoms with E-state index < -0.39 is 36.4 Å². The van der Waals surface area contributed by atoms with E-state index in [1.54, 1.807) is 7.11 Å². The summed E-state index contributed by atoms with van der Waals surface area (Å²) in [5.41, 5.74) is -0.0527. The number of methoxy groups -OCH3 is 1. The molecule has 1 saturated heterocycles. The quantitative estimate of drug-likeness (QED) is 0.227. The molecule has 1 aliphatic rings. The van der Waals surface area contributed by atoms with Gasteiger partial charge in [0.05, 0.1) is 26.6 Å². The fourth-order valence-electron chi connectivity index (χ4n) is 4.85. The lowest BCUT2D eigenvalue weighted by atomic mass is 9.96. The average Bonchev–Trinajstić information content (AvgIpc) is 2.92. The van der Waals surface area contributed by atoms with E-state index in [2.05, 4.69) is 54.4 Å². The summed E-state index contributed by atoms with van der Waals surface area (Å²) >= 11 is 0. The molecule has 1 fully saturated rings. The van der Waals surface area contributed by atoms with Crippen molar-refractivity contribution in [3.8, 4) is 11.5 Å². The van der Waals surface area contributed by atoms with Crippen LogP contribution in [0.25, 0.3) is 0 Å². The Morgan fingerprint density at radius 1 is 0.951 bits per heavy atom. The molecule has 1 unspecified atom stereocenters. The Labute approximate surface area is 241 Å². The normalized spacial score (nSPS) is 15.3. The molecule has 0 bridgehead atoms. The van der Waals surface area contributed by atoms with Gasteiger partial charge in [0, 0.05) is 6.04 Å². The summed E-state index contributed by atoms with van der Waals surface area (Å²) in [6.45, 7) is 2.05. The molecule has 2 aromatic carbocycles. The molecule has 1 aliphatic heterocycles. The van der Waals surface area contributed by atoms with Crippen molar-refractivity contribution in [2.75, 3.05) is 27.3 Å². The Morgan fingerprint density at radius 3 is 2.27 bits per heavy atom. The maximum absolute atomic E-state index is 10.3. The van der Waals surface area contributed by atoms with Crippen molar-refractivity contribution < 1.29 is 44.3 Å². The topological polar surface area (TPSA) is 154 Å². The van der Waals surface area contributed by atoms with Crippen LogP contribution >= 0.6 is 0 Å². The summed E-state index contributed by atoms with van der Waals surface area (Å²) in [6, 6.07) is 17.6. The highest BCUT2D eigenvalue weighted by molar-refractivity contribution is 5.88. The van der Waals surface area contributed by atoms with Gasteiger partial charge in [-0.05, 0) is 87.9 Å². The molecule has 0 saturated carbocycles. The van der Waals surface area contributed by atoms with E-state index >= 15 is 0 Å². The van der Waals surface area contributed by atoms with Gasteiger partial charge in [0.1, 0.15) is 11.5 Å². The minimum Gasteiger partial charge on any atom is -0.497 e. The first kappa shape index (κ1) is 33.6. The Balaban J connectivity index is 0.000000383. The van der Waals surface area contributed by atoms with Crippen molar-refractivity contribution in [1.29, 1.82) is 0 Å². The van der Waals surface area contributed by atoms with Gasteiger partial charge in [-0.15, -0.1) is 0 Å². The van der Waals surface area contributed by atoms with Gasteiger partial charge >= 0.3 is 17.9 Å². The summed E-state index contributed by atoms with van der Waals surface area (Å²) in [4.78, 5) is 33.0. The van der Waals surface area contributed by atoms with Gasteiger partial charge in [0.2, 0.25) is 0 Å². The number of ether oxygens (including phenoxy) is 2. The summed E-state index contributed by atoms with van der Waals surface area (Å²) in [6.07, 6.45) is 7.36. The van der Waals surface area contributed by atoms with Crippen molar-refractivity contribution in [2.45, 2.75) is 75.9 Å². The third-order valence-electron chi connectivity index (χ3n) is 7.18. The molecule has 4 N–H and O–H groups in total. The number of hydrogen-bond donors (Lipinski definition) is 4. The van der Waals surface area contributed by atoms with Crippen molar-refractivity contribution >= 4 is 17.9 Å². The number of carboxylic acid groups (broad SMARTS) is 3. The molecule has 41 heavy (non-hydrogen) atoms. The van der Waals surface area contributed by atoms with Gasteiger partial charge in [-0.3, -0.25) is 9.59 Å². The lowest BCUT2D eigenvalue weighted by Gasteiger charge is -2.32. The van der Waals surface area contributed by atoms with Crippen LogP contribution in [0.1, 0.15) is 62.5 Å². The number of nitrogens with zero attached hydrogens (tertiary/aromatic N) is 1. The van der Waals surface area contributed by atoms with Crippen LogP contribution in [-0.2, 0) is 27.2 Å². The zero-order chi connectivity index (χ0) is 30.3. The molecule has 3 rings (SSSR count). The van der Waals surface area contributed by atoms with Crippen molar-refractivity contribution in [3.05, 3.63) is 59.7 Å².